The number of carbonyl (C=O) groups excluding carboxylic acids is 1. The summed E-state index contributed by atoms with van der Waals surface area (Å²) in [5, 5.41) is 10.2. The number of thioether (sulfide) groups is 1. The lowest BCUT2D eigenvalue weighted by molar-refractivity contribution is -0.118. The van der Waals surface area contributed by atoms with E-state index in [2.05, 4.69) is 14.8 Å². The molecule has 0 saturated heterocycles. The van der Waals surface area contributed by atoms with Crippen molar-refractivity contribution >= 4 is 29.3 Å². The predicted octanol–water partition coefficient (Wildman–Crippen LogP) is 2.98. The van der Waals surface area contributed by atoms with Crippen LogP contribution in [0, 0.1) is 0 Å². The summed E-state index contributed by atoms with van der Waals surface area (Å²) in [5.74, 6) is 1.29. The molecule has 1 heterocycles. The molecule has 0 aliphatic heterocycles. The Labute approximate surface area is 138 Å². The Hall–Kier alpha value is -1.53. The van der Waals surface area contributed by atoms with Gasteiger partial charge in [-0.1, -0.05) is 41.6 Å². The smallest absolute Gasteiger partial charge is 0.217 e. The number of benzene rings is 1. The maximum atomic E-state index is 11.0. The second-order valence-electron chi connectivity index (χ2n) is 5.35. The van der Waals surface area contributed by atoms with Crippen LogP contribution < -0.4 is 5.73 Å². The fraction of sp³-hybridized carbons (Fsp3) is 0.400. The van der Waals surface area contributed by atoms with Crippen molar-refractivity contribution in [2.75, 3.05) is 0 Å². The Kier molecular flexibility index (Phi) is 4.69. The van der Waals surface area contributed by atoms with Gasteiger partial charge in [0.1, 0.15) is 5.82 Å². The van der Waals surface area contributed by atoms with Gasteiger partial charge in [0.15, 0.2) is 5.16 Å². The summed E-state index contributed by atoms with van der Waals surface area (Å²) in [4.78, 5) is 11.0. The highest BCUT2D eigenvalue weighted by molar-refractivity contribution is 7.98. The van der Waals surface area contributed by atoms with Crippen molar-refractivity contribution in [2.45, 2.75) is 42.6 Å². The Morgan fingerprint density at radius 2 is 2.14 bits per heavy atom. The summed E-state index contributed by atoms with van der Waals surface area (Å²) in [6.45, 7) is 0. The molecule has 1 amide bonds. The van der Waals surface area contributed by atoms with Crippen LogP contribution >= 0.6 is 23.4 Å². The van der Waals surface area contributed by atoms with Crippen molar-refractivity contribution in [3.63, 3.8) is 0 Å². The Balaban J connectivity index is 1.73. The lowest BCUT2D eigenvalue weighted by atomic mass is 10.2. The molecule has 1 aromatic heterocycles. The summed E-state index contributed by atoms with van der Waals surface area (Å²) in [6, 6.07) is 8.27. The van der Waals surface area contributed by atoms with Crippen LogP contribution in [0.25, 0.3) is 0 Å². The van der Waals surface area contributed by atoms with Gasteiger partial charge in [0.2, 0.25) is 5.91 Å². The number of amides is 1. The zero-order chi connectivity index (χ0) is 15.5. The number of rotatable bonds is 7. The molecule has 1 aliphatic carbocycles. The fourth-order valence-corrected chi connectivity index (χ4v) is 3.58. The summed E-state index contributed by atoms with van der Waals surface area (Å²) in [7, 11) is 0. The molecule has 0 unspecified atom stereocenters. The number of nitrogens with zero attached hydrogens (tertiary/aromatic N) is 3. The highest BCUT2D eigenvalue weighted by atomic mass is 35.5. The van der Waals surface area contributed by atoms with E-state index in [0.29, 0.717) is 18.9 Å². The Morgan fingerprint density at radius 1 is 1.36 bits per heavy atom. The highest BCUT2D eigenvalue weighted by Crippen LogP contribution is 2.39. The van der Waals surface area contributed by atoms with Crippen molar-refractivity contribution in [3.05, 3.63) is 40.7 Å². The van der Waals surface area contributed by atoms with Gasteiger partial charge >= 0.3 is 0 Å². The lowest BCUT2D eigenvalue weighted by Crippen LogP contribution is -2.13. The summed E-state index contributed by atoms with van der Waals surface area (Å²) >= 11 is 7.81. The SMILES string of the molecule is NC(=O)CCc1nnc(SCc2ccccc2Cl)n1C1CC1. The third kappa shape index (κ3) is 3.62. The van der Waals surface area contributed by atoms with Gasteiger partial charge in [0.25, 0.3) is 0 Å². The van der Waals surface area contributed by atoms with Crippen LogP contribution in [0.5, 0.6) is 0 Å². The molecule has 0 atom stereocenters. The van der Waals surface area contributed by atoms with Crippen LogP contribution in [0.3, 0.4) is 0 Å². The van der Waals surface area contributed by atoms with E-state index in [1.165, 1.54) is 0 Å². The van der Waals surface area contributed by atoms with Crippen molar-refractivity contribution in [1.29, 1.82) is 0 Å². The summed E-state index contributed by atoms with van der Waals surface area (Å²) in [5.41, 5.74) is 6.31. The van der Waals surface area contributed by atoms with Crippen LogP contribution in [0.15, 0.2) is 29.4 Å². The molecule has 2 N–H and O–H groups in total. The number of aryl methyl sites for hydroxylation is 1. The van der Waals surface area contributed by atoms with Crippen molar-refractivity contribution < 1.29 is 4.79 Å². The molecule has 7 heteroatoms. The molecule has 1 aliphatic rings. The Morgan fingerprint density at radius 3 is 2.82 bits per heavy atom. The van der Waals surface area contributed by atoms with E-state index in [1.807, 2.05) is 24.3 Å². The molecule has 0 spiro atoms. The number of nitrogens with two attached hydrogens (primary N) is 1. The minimum Gasteiger partial charge on any atom is -0.370 e. The zero-order valence-corrected chi connectivity index (χ0v) is 13.6. The largest absolute Gasteiger partial charge is 0.370 e. The molecule has 22 heavy (non-hydrogen) atoms. The van der Waals surface area contributed by atoms with E-state index in [-0.39, 0.29) is 5.91 Å². The van der Waals surface area contributed by atoms with Crippen LogP contribution in [-0.4, -0.2) is 20.7 Å². The molecule has 1 aromatic carbocycles. The quantitative estimate of drug-likeness (QED) is 0.789. The predicted molar refractivity (Wildman–Crippen MR) is 86.8 cm³/mol. The van der Waals surface area contributed by atoms with Crippen molar-refractivity contribution in [1.82, 2.24) is 14.8 Å². The molecule has 3 rings (SSSR count). The van der Waals surface area contributed by atoms with Gasteiger partial charge in [0, 0.05) is 29.7 Å². The van der Waals surface area contributed by atoms with Crippen LogP contribution in [0.4, 0.5) is 0 Å². The molecule has 0 bridgehead atoms. The number of hydrogen-bond donors (Lipinski definition) is 1. The van der Waals surface area contributed by atoms with Gasteiger partial charge in [-0.05, 0) is 24.5 Å². The first-order chi connectivity index (χ1) is 10.6. The van der Waals surface area contributed by atoms with Gasteiger partial charge in [-0.15, -0.1) is 10.2 Å². The number of aromatic nitrogens is 3. The highest BCUT2D eigenvalue weighted by Gasteiger charge is 2.29. The molecule has 5 nitrogen and oxygen atoms in total. The van der Waals surface area contributed by atoms with Gasteiger partial charge in [-0.2, -0.15) is 0 Å². The molecule has 116 valence electrons. The van der Waals surface area contributed by atoms with Crippen LogP contribution in [0.1, 0.15) is 36.7 Å². The third-order valence-electron chi connectivity index (χ3n) is 3.56. The topological polar surface area (TPSA) is 73.8 Å². The first-order valence-corrected chi connectivity index (χ1v) is 8.60. The van der Waals surface area contributed by atoms with E-state index in [0.717, 1.165) is 40.2 Å². The average Bonchev–Trinajstić information content (AvgIpc) is 3.25. The average molecular weight is 337 g/mol. The monoisotopic (exact) mass is 336 g/mol. The van der Waals surface area contributed by atoms with E-state index in [4.69, 9.17) is 17.3 Å². The standard InChI is InChI=1S/C15H17ClN4OS/c16-12-4-2-1-3-10(12)9-22-15-19-18-14(8-7-13(17)21)20(15)11-5-6-11/h1-4,11H,5-9H2,(H2,17,21). The fourth-order valence-electron chi connectivity index (χ4n) is 2.27. The number of hydrogen-bond acceptors (Lipinski definition) is 4. The second-order valence-corrected chi connectivity index (χ2v) is 6.70. The van der Waals surface area contributed by atoms with Gasteiger partial charge in [-0.3, -0.25) is 4.79 Å². The van der Waals surface area contributed by atoms with Crippen LogP contribution in [-0.2, 0) is 17.0 Å². The minimum atomic E-state index is -0.310. The first kappa shape index (κ1) is 15.4. The summed E-state index contributed by atoms with van der Waals surface area (Å²) in [6.07, 6.45) is 3.13. The third-order valence-corrected chi connectivity index (χ3v) is 4.92. The van der Waals surface area contributed by atoms with Gasteiger partial charge < -0.3 is 10.3 Å². The molecular weight excluding hydrogens is 320 g/mol. The van der Waals surface area contributed by atoms with Gasteiger partial charge in [-0.25, -0.2) is 0 Å². The summed E-state index contributed by atoms with van der Waals surface area (Å²) < 4.78 is 2.16. The molecule has 0 radical (unpaired) electrons. The number of carbonyl (C=O) groups is 1. The van der Waals surface area contributed by atoms with Crippen molar-refractivity contribution in [3.8, 4) is 0 Å². The lowest BCUT2D eigenvalue weighted by Gasteiger charge is -2.08. The van der Waals surface area contributed by atoms with Crippen molar-refractivity contribution in [2.24, 2.45) is 5.73 Å². The molecule has 1 saturated carbocycles. The molecule has 2 aromatic rings. The van der Waals surface area contributed by atoms with E-state index < -0.39 is 0 Å². The van der Waals surface area contributed by atoms with Crippen LogP contribution in [0.2, 0.25) is 5.02 Å². The van der Waals surface area contributed by atoms with E-state index in [9.17, 15) is 4.79 Å². The number of primary amides is 1. The molecule has 1 fully saturated rings. The Bertz CT molecular complexity index is 684. The normalized spacial score (nSPS) is 14.2. The number of halogens is 1. The van der Waals surface area contributed by atoms with Gasteiger partial charge in [0.05, 0.1) is 0 Å². The minimum absolute atomic E-state index is 0.306. The molecular formula is C15H17ClN4OS. The van der Waals surface area contributed by atoms with E-state index >= 15 is 0 Å². The maximum absolute atomic E-state index is 11.0. The van der Waals surface area contributed by atoms with E-state index in [1.54, 1.807) is 11.8 Å². The zero-order valence-electron chi connectivity index (χ0n) is 12.0. The second kappa shape index (κ2) is 6.71. The maximum Gasteiger partial charge on any atom is 0.217 e. The first-order valence-electron chi connectivity index (χ1n) is 7.23.